The number of rotatable bonds is 3. The van der Waals surface area contributed by atoms with Crippen molar-refractivity contribution in [3.63, 3.8) is 0 Å². The summed E-state index contributed by atoms with van der Waals surface area (Å²) >= 11 is 0. The van der Waals surface area contributed by atoms with Crippen LogP contribution in [0, 0.1) is 0 Å². The predicted molar refractivity (Wildman–Crippen MR) is 107 cm³/mol. The summed E-state index contributed by atoms with van der Waals surface area (Å²) < 4.78 is 5.24. The van der Waals surface area contributed by atoms with Crippen LogP contribution in [0.2, 0.25) is 0 Å². The van der Waals surface area contributed by atoms with Gasteiger partial charge >= 0.3 is 6.16 Å². The molecule has 1 N–H and O–H groups in total. The van der Waals surface area contributed by atoms with Crippen LogP contribution in [0.3, 0.4) is 0 Å². The Hall–Kier alpha value is -2.61. The molecule has 29 heavy (non-hydrogen) atoms. The van der Waals surface area contributed by atoms with Gasteiger partial charge in [0.25, 0.3) is 5.91 Å². The van der Waals surface area contributed by atoms with E-state index < -0.39 is 11.8 Å². The molecular formula is C21H28N4O4. The number of piperidine rings is 1. The van der Waals surface area contributed by atoms with Crippen LogP contribution in [0.4, 0.5) is 4.79 Å². The molecule has 0 spiro atoms. The summed E-state index contributed by atoms with van der Waals surface area (Å²) in [6, 6.07) is 1.80. The fourth-order valence-corrected chi connectivity index (χ4v) is 4.38. The van der Waals surface area contributed by atoms with Gasteiger partial charge < -0.3 is 19.5 Å². The Morgan fingerprint density at radius 1 is 1.31 bits per heavy atom. The average Bonchev–Trinajstić information content (AvgIpc) is 3.08. The first-order valence-corrected chi connectivity index (χ1v) is 10.2. The Balaban J connectivity index is 1.49. The largest absolute Gasteiger partial charge is 0.528 e. The lowest BCUT2D eigenvalue weighted by atomic mass is 9.82. The number of pyridine rings is 1. The Labute approximate surface area is 170 Å². The Kier molecular flexibility index (Phi) is 4.77. The molecule has 1 saturated heterocycles. The molecule has 0 bridgehead atoms. The number of ether oxygens (including phenoxy) is 1. The van der Waals surface area contributed by atoms with Crippen molar-refractivity contribution in [2.24, 2.45) is 0 Å². The van der Waals surface area contributed by atoms with Crippen molar-refractivity contribution in [3.8, 4) is 0 Å². The van der Waals surface area contributed by atoms with Crippen molar-refractivity contribution in [3.05, 3.63) is 29.6 Å². The molecule has 8 heteroatoms. The van der Waals surface area contributed by atoms with Gasteiger partial charge in [0, 0.05) is 43.0 Å². The molecule has 4 heterocycles. The Bertz CT molecular complexity index is 938. The summed E-state index contributed by atoms with van der Waals surface area (Å²) in [5.74, 6) is 0.0489. The third kappa shape index (κ3) is 3.57. The number of hydrogen-bond donors (Lipinski definition) is 1. The van der Waals surface area contributed by atoms with Crippen molar-refractivity contribution in [2.45, 2.75) is 64.6 Å². The van der Waals surface area contributed by atoms with Gasteiger partial charge in [-0.2, -0.15) is 0 Å². The van der Waals surface area contributed by atoms with E-state index in [2.05, 4.69) is 16.9 Å². The highest BCUT2D eigenvalue weighted by Gasteiger charge is 2.44. The summed E-state index contributed by atoms with van der Waals surface area (Å²) in [5, 5.41) is 2.58. The number of carbonyl (C=O) groups is 2. The van der Waals surface area contributed by atoms with E-state index in [-0.39, 0.29) is 11.4 Å². The van der Waals surface area contributed by atoms with Crippen molar-refractivity contribution >= 4 is 23.1 Å². The van der Waals surface area contributed by atoms with Crippen molar-refractivity contribution in [1.82, 2.24) is 19.9 Å². The predicted octanol–water partition coefficient (Wildman–Crippen LogP) is 3.63. The zero-order valence-electron chi connectivity index (χ0n) is 17.4. The maximum absolute atomic E-state index is 13.3. The molecule has 0 radical (unpaired) electrons. The van der Waals surface area contributed by atoms with E-state index in [0.717, 1.165) is 35.9 Å². The van der Waals surface area contributed by atoms with Crippen LogP contribution in [0.1, 0.15) is 62.9 Å². The van der Waals surface area contributed by atoms with Crippen LogP contribution < -0.4 is 0 Å². The van der Waals surface area contributed by atoms with E-state index in [0.29, 0.717) is 25.2 Å². The molecule has 156 valence electrons. The van der Waals surface area contributed by atoms with Crippen LogP contribution in [0.25, 0.3) is 11.0 Å². The fourth-order valence-electron chi connectivity index (χ4n) is 4.38. The first kappa shape index (κ1) is 19.7. The standard InChI is InChI=1S/C21H28N4O4/c1-5-21(7-10-24(11-8-21)29-19(27)28-20(2,3)4)25-13-14-12-23-17-16(14)15(18(25)26)6-9-22-17/h6,9,12H,5,7-8,10-11,13H2,1-4H3,(H,22,23). The third-order valence-corrected chi connectivity index (χ3v) is 5.94. The zero-order valence-corrected chi connectivity index (χ0v) is 17.4. The first-order chi connectivity index (χ1) is 13.7. The van der Waals surface area contributed by atoms with E-state index >= 15 is 0 Å². The molecule has 2 aromatic rings. The molecule has 0 aliphatic carbocycles. The molecule has 2 aliphatic rings. The third-order valence-electron chi connectivity index (χ3n) is 5.94. The van der Waals surface area contributed by atoms with Crippen LogP contribution in [-0.4, -0.2) is 56.2 Å². The van der Waals surface area contributed by atoms with E-state index in [1.807, 2.05) is 11.1 Å². The number of nitrogens with one attached hydrogen (secondary N) is 1. The van der Waals surface area contributed by atoms with E-state index in [1.165, 1.54) is 0 Å². The number of H-pyrrole nitrogens is 1. The second-order valence-corrected chi connectivity index (χ2v) is 8.85. The fraction of sp³-hybridized carbons (Fsp3) is 0.571. The van der Waals surface area contributed by atoms with Crippen LogP contribution >= 0.6 is 0 Å². The minimum Gasteiger partial charge on any atom is -0.427 e. The molecule has 4 rings (SSSR count). The summed E-state index contributed by atoms with van der Waals surface area (Å²) in [6.07, 6.45) is 5.23. The second kappa shape index (κ2) is 7.02. The number of carbonyl (C=O) groups excluding carboxylic acids is 2. The lowest BCUT2D eigenvalue weighted by Gasteiger charge is -2.49. The highest BCUT2D eigenvalue weighted by Crippen LogP contribution is 2.39. The Morgan fingerprint density at radius 3 is 2.69 bits per heavy atom. The molecule has 8 nitrogen and oxygen atoms in total. The lowest BCUT2D eigenvalue weighted by Crippen LogP contribution is -2.57. The molecule has 0 aromatic carbocycles. The summed E-state index contributed by atoms with van der Waals surface area (Å²) in [6.45, 7) is 9.22. The topological polar surface area (TPSA) is 87.8 Å². The van der Waals surface area contributed by atoms with Gasteiger partial charge in [-0.05, 0) is 51.7 Å². The number of hydrogen-bond acceptors (Lipinski definition) is 6. The van der Waals surface area contributed by atoms with Gasteiger partial charge in [-0.25, -0.2) is 9.78 Å². The highest BCUT2D eigenvalue weighted by molar-refractivity contribution is 6.08. The maximum atomic E-state index is 13.3. The van der Waals surface area contributed by atoms with Gasteiger partial charge in [-0.1, -0.05) is 6.92 Å². The monoisotopic (exact) mass is 400 g/mol. The first-order valence-electron chi connectivity index (χ1n) is 10.2. The van der Waals surface area contributed by atoms with Gasteiger partial charge in [-0.3, -0.25) is 4.79 Å². The van der Waals surface area contributed by atoms with Crippen molar-refractivity contribution < 1.29 is 19.2 Å². The number of hydroxylamine groups is 2. The molecule has 0 saturated carbocycles. The maximum Gasteiger partial charge on any atom is 0.528 e. The van der Waals surface area contributed by atoms with Crippen molar-refractivity contribution in [2.75, 3.05) is 13.1 Å². The molecule has 2 aromatic heterocycles. The van der Waals surface area contributed by atoms with E-state index in [4.69, 9.17) is 9.57 Å². The minimum absolute atomic E-state index is 0.0489. The number of aromatic nitrogens is 2. The molecule has 0 atom stereocenters. The highest BCUT2D eigenvalue weighted by atomic mass is 16.8. The minimum atomic E-state index is -0.688. The zero-order chi connectivity index (χ0) is 20.8. The molecular weight excluding hydrogens is 372 g/mol. The quantitative estimate of drug-likeness (QED) is 0.792. The van der Waals surface area contributed by atoms with E-state index in [1.54, 1.807) is 38.1 Å². The number of amides is 1. The van der Waals surface area contributed by atoms with Gasteiger partial charge in [0.15, 0.2) is 0 Å². The normalized spacial score (nSPS) is 19.4. The molecule has 1 amide bonds. The summed E-state index contributed by atoms with van der Waals surface area (Å²) in [5.41, 5.74) is 1.71. The van der Waals surface area contributed by atoms with E-state index in [9.17, 15) is 9.59 Å². The van der Waals surface area contributed by atoms with Gasteiger partial charge in [0.2, 0.25) is 0 Å². The number of nitrogens with zero attached hydrogens (tertiary/aromatic N) is 3. The molecule has 2 aliphatic heterocycles. The number of aromatic amines is 1. The Morgan fingerprint density at radius 2 is 2.03 bits per heavy atom. The summed E-state index contributed by atoms with van der Waals surface area (Å²) in [4.78, 5) is 40.2. The van der Waals surface area contributed by atoms with Gasteiger partial charge in [0.1, 0.15) is 11.2 Å². The molecule has 1 fully saturated rings. The smallest absolute Gasteiger partial charge is 0.427 e. The van der Waals surface area contributed by atoms with Crippen LogP contribution in [0.15, 0.2) is 18.5 Å². The lowest BCUT2D eigenvalue weighted by molar-refractivity contribution is -0.165. The van der Waals surface area contributed by atoms with Gasteiger partial charge in [0.05, 0.1) is 5.56 Å². The van der Waals surface area contributed by atoms with Gasteiger partial charge in [-0.15, -0.1) is 5.06 Å². The van der Waals surface area contributed by atoms with Crippen LogP contribution in [-0.2, 0) is 16.1 Å². The second-order valence-electron chi connectivity index (χ2n) is 8.85. The average molecular weight is 400 g/mol. The van der Waals surface area contributed by atoms with Crippen LogP contribution in [0.5, 0.6) is 0 Å². The van der Waals surface area contributed by atoms with Crippen molar-refractivity contribution in [1.29, 1.82) is 0 Å². The molecule has 0 unspecified atom stereocenters. The summed E-state index contributed by atoms with van der Waals surface area (Å²) in [7, 11) is 0. The SMILES string of the molecule is CCC1(N2Cc3c[nH]c4nccc(c34)C2=O)CCN(OC(=O)OC(C)(C)C)CC1.